The quantitative estimate of drug-likeness (QED) is 0.0942. The minimum atomic E-state index is -1.16. The van der Waals surface area contributed by atoms with E-state index in [1.54, 1.807) is 20.8 Å². The van der Waals surface area contributed by atoms with Gasteiger partial charge in [0, 0.05) is 13.0 Å². The van der Waals surface area contributed by atoms with Crippen molar-refractivity contribution in [1.82, 2.24) is 10.4 Å². The molecule has 46 heavy (non-hydrogen) atoms. The molecule has 0 saturated heterocycles. The summed E-state index contributed by atoms with van der Waals surface area (Å²) in [5.74, 6) is 0.577. The Kier molecular flexibility index (Phi) is 18.0. The third-order valence-corrected chi connectivity index (χ3v) is 6.31. The Morgan fingerprint density at radius 3 is 2.07 bits per heavy atom. The van der Waals surface area contributed by atoms with E-state index >= 15 is 0 Å². The van der Waals surface area contributed by atoms with Crippen LogP contribution in [-0.2, 0) is 41.6 Å². The predicted molar refractivity (Wildman–Crippen MR) is 172 cm³/mol. The lowest BCUT2D eigenvalue weighted by molar-refractivity contribution is -0.187. The molecule has 0 fully saturated rings. The van der Waals surface area contributed by atoms with Gasteiger partial charge in [-0.2, -0.15) is 5.06 Å². The first-order valence-corrected chi connectivity index (χ1v) is 15.3. The molecule has 2 aromatic rings. The maximum absolute atomic E-state index is 13.0. The Morgan fingerprint density at radius 2 is 1.48 bits per heavy atom. The third-order valence-electron chi connectivity index (χ3n) is 6.31. The number of nitrogens with zero attached hydrogens (tertiary/aromatic N) is 1. The second-order valence-corrected chi connectivity index (χ2v) is 11.2. The molecule has 12 heteroatoms. The normalized spacial score (nSPS) is 11.8. The van der Waals surface area contributed by atoms with E-state index < -0.39 is 23.8 Å². The molecule has 0 radical (unpaired) electrons. The second-order valence-electron chi connectivity index (χ2n) is 11.2. The van der Waals surface area contributed by atoms with Crippen molar-refractivity contribution in [3.05, 3.63) is 78.4 Å². The van der Waals surface area contributed by atoms with Crippen LogP contribution in [0.2, 0.25) is 0 Å². The number of nitrogens with one attached hydrogen (secondary N) is 1. The summed E-state index contributed by atoms with van der Waals surface area (Å²) in [6.45, 7) is 11.3. The fourth-order valence-electron chi connectivity index (χ4n) is 4.05. The van der Waals surface area contributed by atoms with E-state index in [9.17, 15) is 19.5 Å². The van der Waals surface area contributed by atoms with E-state index in [1.165, 1.54) is 6.08 Å². The van der Waals surface area contributed by atoms with Gasteiger partial charge in [-0.05, 0) is 56.9 Å². The number of alkyl carbamates (subject to hydrolysis) is 1. The first-order chi connectivity index (χ1) is 22.1. The fraction of sp³-hybridized carbons (Fsp3) is 0.500. The number of rotatable bonds is 23. The summed E-state index contributed by atoms with van der Waals surface area (Å²) in [6.07, 6.45) is 0.620. The molecule has 0 saturated carbocycles. The minimum Gasteiger partial charge on any atom is -0.489 e. The van der Waals surface area contributed by atoms with Crippen molar-refractivity contribution in [1.29, 1.82) is 0 Å². The highest BCUT2D eigenvalue weighted by atomic mass is 16.7. The number of carbonyl (C=O) groups excluding carboxylic acids is 2. The van der Waals surface area contributed by atoms with Crippen LogP contribution in [0.4, 0.5) is 9.59 Å². The number of carbonyl (C=O) groups is 3. The molecule has 2 aromatic carbocycles. The van der Waals surface area contributed by atoms with Gasteiger partial charge in [0.2, 0.25) is 0 Å². The SMILES string of the molecule is C=CCOC(=O)N[C@@H](Cc1ccc(OCc2ccccc2)cc1)C(=O)CCCOCCOCCOCCON(C(=O)O)C(C)(C)C. The van der Waals surface area contributed by atoms with Crippen LogP contribution in [0.5, 0.6) is 5.75 Å². The number of Topliss-reactive ketones (excluding diaryl/α,β-unsaturated/α-hetero) is 1. The maximum atomic E-state index is 13.0. The first kappa shape index (κ1) is 38.2. The van der Waals surface area contributed by atoms with Crippen molar-refractivity contribution < 1.29 is 48.0 Å². The summed E-state index contributed by atoms with van der Waals surface area (Å²) in [5.41, 5.74) is 1.26. The molecule has 254 valence electrons. The van der Waals surface area contributed by atoms with Crippen LogP contribution in [0.3, 0.4) is 0 Å². The summed E-state index contributed by atoms with van der Waals surface area (Å²) in [4.78, 5) is 41.7. The molecular weight excluding hydrogens is 596 g/mol. The van der Waals surface area contributed by atoms with E-state index in [1.807, 2.05) is 54.6 Å². The van der Waals surface area contributed by atoms with Gasteiger partial charge >= 0.3 is 12.2 Å². The Hall–Kier alpha value is -3.97. The zero-order valence-electron chi connectivity index (χ0n) is 27.1. The lowest BCUT2D eigenvalue weighted by Gasteiger charge is -2.31. The van der Waals surface area contributed by atoms with Gasteiger partial charge in [-0.1, -0.05) is 55.1 Å². The predicted octanol–water partition coefficient (Wildman–Crippen LogP) is 5.20. The molecule has 2 amide bonds. The Morgan fingerprint density at radius 1 is 0.870 bits per heavy atom. The first-order valence-electron chi connectivity index (χ1n) is 15.3. The molecule has 0 aliphatic rings. The molecule has 0 bridgehead atoms. The topological polar surface area (TPSA) is 142 Å². The number of amides is 2. The zero-order valence-corrected chi connectivity index (χ0v) is 27.1. The summed E-state index contributed by atoms with van der Waals surface area (Å²) in [5, 5.41) is 12.8. The van der Waals surface area contributed by atoms with Gasteiger partial charge < -0.3 is 34.1 Å². The molecule has 0 heterocycles. The van der Waals surface area contributed by atoms with Crippen LogP contribution in [0, 0.1) is 0 Å². The van der Waals surface area contributed by atoms with Crippen LogP contribution in [0.15, 0.2) is 67.3 Å². The van der Waals surface area contributed by atoms with Crippen LogP contribution >= 0.6 is 0 Å². The van der Waals surface area contributed by atoms with Crippen molar-refractivity contribution in [3.8, 4) is 5.75 Å². The highest BCUT2D eigenvalue weighted by Gasteiger charge is 2.27. The molecule has 0 spiro atoms. The van der Waals surface area contributed by atoms with Crippen LogP contribution in [-0.4, -0.2) is 92.6 Å². The van der Waals surface area contributed by atoms with Crippen molar-refractivity contribution in [2.45, 2.75) is 58.2 Å². The number of hydrogen-bond acceptors (Lipinski definition) is 9. The van der Waals surface area contributed by atoms with Crippen LogP contribution in [0.25, 0.3) is 0 Å². The van der Waals surface area contributed by atoms with Gasteiger partial charge in [-0.25, -0.2) is 9.59 Å². The summed E-state index contributed by atoms with van der Waals surface area (Å²) in [7, 11) is 0. The largest absolute Gasteiger partial charge is 0.489 e. The molecule has 12 nitrogen and oxygen atoms in total. The van der Waals surface area contributed by atoms with Gasteiger partial charge in [0.25, 0.3) is 0 Å². The highest BCUT2D eigenvalue weighted by molar-refractivity contribution is 5.87. The van der Waals surface area contributed by atoms with E-state index in [-0.39, 0.29) is 32.0 Å². The highest BCUT2D eigenvalue weighted by Crippen LogP contribution is 2.17. The van der Waals surface area contributed by atoms with Crippen molar-refractivity contribution in [2.75, 3.05) is 52.9 Å². The monoisotopic (exact) mass is 644 g/mol. The van der Waals surface area contributed by atoms with E-state index in [0.717, 1.165) is 16.2 Å². The van der Waals surface area contributed by atoms with E-state index in [0.29, 0.717) is 58.2 Å². The molecule has 1 atom stereocenters. The van der Waals surface area contributed by atoms with Gasteiger partial charge in [-0.15, -0.1) is 0 Å². The van der Waals surface area contributed by atoms with Gasteiger partial charge in [0.05, 0.1) is 51.2 Å². The second kappa shape index (κ2) is 21.7. The van der Waals surface area contributed by atoms with Gasteiger partial charge in [0.1, 0.15) is 19.0 Å². The molecule has 0 aromatic heterocycles. The molecule has 2 rings (SSSR count). The van der Waals surface area contributed by atoms with Crippen LogP contribution < -0.4 is 10.1 Å². The molecule has 0 aliphatic heterocycles. The van der Waals surface area contributed by atoms with E-state index in [4.69, 9.17) is 28.5 Å². The van der Waals surface area contributed by atoms with Gasteiger partial charge in [-0.3, -0.25) is 9.63 Å². The fourth-order valence-corrected chi connectivity index (χ4v) is 4.05. The van der Waals surface area contributed by atoms with Crippen molar-refractivity contribution in [2.24, 2.45) is 0 Å². The summed E-state index contributed by atoms with van der Waals surface area (Å²) < 4.78 is 27.3. The van der Waals surface area contributed by atoms with E-state index in [2.05, 4.69) is 11.9 Å². The van der Waals surface area contributed by atoms with Crippen molar-refractivity contribution >= 4 is 18.0 Å². The minimum absolute atomic E-state index is 0.0413. The van der Waals surface area contributed by atoms with Crippen LogP contribution in [0.1, 0.15) is 44.7 Å². The van der Waals surface area contributed by atoms with Gasteiger partial charge in [0.15, 0.2) is 5.78 Å². The number of hydrogen-bond donors (Lipinski definition) is 2. The molecule has 2 N–H and O–H groups in total. The lowest BCUT2D eigenvalue weighted by atomic mass is 9.99. The standard InChI is InChI=1S/C34H48N2O10/c1-5-17-44-32(38)35-30(25-27-13-15-29(16-14-27)45-26-28-10-7-6-8-11-28)31(37)12-9-18-41-19-20-42-21-22-43-23-24-46-36(33(39)40)34(2,3)4/h5-8,10-11,13-16,30H,1,9,12,17-26H2,2-4H3,(H,35,38)(H,39,40)/t30-/m0/s1. The number of hydroxylamine groups is 2. The zero-order chi connectivity index (χ0) is 33.6. The maximum Gasteiger partial charge on any atom is 0.431 e. The third kappa shape index (κ3) is 16.4. The Labute approximate surface area is 271 Å². The molecule has 0 aliphatic carbocycles. The number of ether oxygens (including phenoxy) is 5. The lowest BCUT2D eigenvalue weighted by Crippen LogP contribution is -2.45. The number of carboxylic acid groups (broad SMARTS) is 1. The number of ketones is 1. The average molecular weight is 645 g/mol. The molecule has 0 unspecified atom stereocenters. The average Bonchev–Trinajstić information content (AvgIpc) is 3.02. The Balaban J connectivity index is 1.64. The number of benzene rings is 2. The molecular formula is C34H48N2O10. The summed E-state index contributed by atoms with van der Waals surface area (Å²) >= 11 is 0. The van der Waals surface area contributed by atoms with Crippen molar-refractivity contribution in [3.63, 3.8) is 0 Å². The summed E-state index contributed by atoms with van der Waals surface area (Å²) in [6, 6.07) is 16.5. The Bertz CT molecular complexity index is 1170. The smallest absolute Gasteiger partial charge is 0.431 e.